The number of rotatable bonds is 10. The molecule has 1 atom stereocenters. The second-order valence-corrected chi connectivity index (χ2v) is 9.91. The molecule has 8 heteroatoms. The third kappa shape index (κ3) is 7.67. The van der Waals surface area contributed by atoms with Crippen molar-refractivity contribution in [3.63, 3.8) is 0 Å². The zero-order valence-corrected chi connectivity index (χ0v) is 21.7. The van der Waals surface area contributed by atoms with E-state index in [2.05, 4.69) is 5.32 Å². The highest BCUT2D eigenvalue weighted by molar-refractivity contribution is 8.00. The number of carbonyl (C=O) groups is 2. The van der Waals surface area contributed by atoms with E-state index in [4.69, 9.17) is 34.8 Å². The van der Waals surface area contributed by atoms with E-state index < -0.39 is 6.04 Å². The average molecular weight is 536 g/mol. The summed E-state index contributed by atoms with van der Waals surface area (Å²) in [5, 5.41) is 4.36. The Morgan fingerprint density at radius 3 is 2.26 bits per heavy atom. The van der Waals surface area contributed by atoms with Gasteiger partial charge in [-0.15, -0.1) is 11.8 Å². The average Bonchev–Trinajstić information content (AvgIpc) is 2.83. The molecule has 178 valence electrons. The van der Waals surface area contributed by atoms with Gasteiger partial charge >= 0.3 is 0 Å². The van der Waals surface area contributed by atoms with Crippen molar-refractivity contribution in [2.24, 2.45) is 0 Å². The topological polar surface area (TPSA) is 49.4 Å². The van der Waals surface area contributed by atoms with Crippen LogP contribution in [0.1, 0.15) is 18.1 Å². The molecule has 1 N–H and O–H groups in total. The van der Waals surface area contributed by atoms with Gasteiger partial charge in [0.1, 0.15) is 6.04 Å². The minimum Gasteiger partial charge on any atom is -0.355 e. The summed E-state index contributed by atoms with van der Waals surface area (Å²) in [4.78, 5) is 29.2. The second kappa shape index (κ2) is 13.1. The van der Waals surface area contributed by atoms with Crippen molar-refractivity contribution in [2.45, 2.75) is 30.8 Å². The minimum atomic E-state index is -0.685. The molecule has 0 saturated heterocycles. The molecule has 3 aromatic rings. The molecule has 0 aliphatic rings. The number of hydrogen-bond acceptors (Lipinski definition) is 3. The molecule has 4 nitrogen and oxygen atoms in total. The van der Waals surface area contributed by atoms with Crippen molar-refractivity contribution in [1.29, 1.82) is 0 Å². The van der Waals surface area contributed by atoms with Crippen LogP contribution in [0.4, 0.5) is 0 Å². The van der Waals surface area contributed by atoms with Crippen molar-refractivity contribution in [2.75, 3.05) is 12.3 Å². The van der Waals surface area contributed by atoms with Gasteiger partial charge in [0, 0.05) is 29.4 Å². The Morgan fingerprint density at radius 2 is 1.62 bits per heavy atom. The van der Waals surface area contributed by atoms with Crippen LogP contribution in [0.25, 0.3) is 0 Å². The van der Waals surface area contributed by atoms with Crippen LogP contribution in [-0.2, 0) is 22.6 Å². The molecule has 0 bridgehead atoms. The Labute approximate surface area is 219 Å². The molecule has 34 heavy (non-hydrogen) atoms. The molecular weight excluding hydrogens is 511 g/mol. The van der Waals surface area contributed by atoms with E-state index in [9.17, 15) is 9.59 Å². The molecular formula is C26H25Cl3N2O2S. The van der Waals surface area contributed by atoms with E-state index in [1.54, 1.807) is 29.2 Å². The number of nitrogens with zero attached hydrogens (tertiary/aromatic N) is 1. The van der Waals surface area contributed by atoms with Gasteiger partial charge in [0.15, 0.2) is 0 Å². The van der Waals surface area contributed by atoms with Crippen molar-refractivity contribution in [3.05, 3.63) is 99.0 Å². The number of carbonyl (C=O) groups excluding carboxylic acids is 2. The van der Waals surface area contributed by atoms with Crippen molar-refractivity contribution < 1.29 is 9.59 Å². The van der Waals surface area contributed by atoms with Crippen molar-refractivity contribution >= 4 is 58.4 Å². The first-order valence-corrected chi connectivity index (χ1v) is 12.9. The Bertz CT molecular complexity index is 1110. The lowest BCUT2D eigenvalue weighted by Crippen LogP contribution is -2.51. The standard InChI is InChI=1S/C26H25Cl3N2O2S/c1-2-30-26(33)24(15-18-6-4-3-5-7-18)31(16-19-8-13-22(28)23(29)14-19)25(32)17-34-21-11-9-20(27)10-12-21/h3-14,24H,2,15-17H2,1H3,(H,30,33)/t24-/m0/s1. The highest BCUT2D eigenvalue weighted by Gasteiger charge is 2.30. The lowest BCUT2D eigenvalue weighted by atomic mass is 10.0. The molecule has 0 aliphatic carbocycles. The molecule has 0 unspecified atom stereocenters. The molecule has 2 amide bonds. The van der Waals surface area contributed by atoms with Gasteiger partial charge in [0.05, 0.1) is 15.8 Å². The largest absolute Gasteiger partial charge is 0.355 e. The lowest BCUT2D eigenvalue weighted by Gasteiger charge is -2.31. The molecule has 0 saturated carbocycles. The van der Waals surface area contributed by atoms with Gasteiger partial charge in [-0.1, -0.05) is 71.2 Å². The van der Waals surface area contributed by atoms with E-state index in [0.717, 1.165) is 16.0 Å². The van der Waals surface area contributed by atoms with E-state index in [0.29, 0.717) is 28.0 Å². The molecule has 0 spiro atoms. The van der Waals surface area contributed by atoms with Crippen molar-refractivity contribution in [1.82, 2.24) is 10.2 Å². The van der Waals surface area contributed by atoms with Crippen LogP contribution in [0.3, 0.4) is 0 Å². The molecule has 0 fully saturated rings. The number of thioether (sulfide) groups is 1. The number of benzene rings is 3. The Kier molecular flexibility index (Phi) is 10.1. The van der Waals surface area contributed by atoms with E-state index in [1.165, 1.54) is 11.8 Å². The summed E-state index contributed by atoms with van der Waals surface area (Å²) in [6, 6.07) is 21.5. The van der Waals surface area contributed by atoms with Crippen LogP contribution in [-0.4, -0.2) is 35.1 Å². The molecule has 3 aromatic carbocycles. The van der Waals surface area contributed by atoms with Gasteiger partial charge in [0.2, 0.25) is 11.8 Å². The molecule has 3 rings (SSSR count). The summed E-state index contributed by atoms with van der Waals surface area (Å²) in [6.07, 6.45) is 0.394. The van der Waals surface area contributed by atoms with E-state index >= 15 is 0 Å². The highest BCUT2D eigenvalue weighted by atomic mass is 35.5. The number of likely N-dealkylation sites (N-methyl/N-ethyl adjacent to an activating group) is 1. The third-order valence-corrected chi connectivity index (χ3v) is 7.12. The zero-order chi connectivity index (χ0) is 24.5. The number of amides is 2. The summed E-state index contributed by atoms with van der Waals surface area (Å²) in [7, 11) is 0. The SMILES string of the molecule is CCNC(=O)[C@H](Cc1ccccc1)N(Cc1ccc(Cl)c(Cl)c1)C(=O)CSc1ccc(Cl)cc1. The van der Waals surface area contributed by atoms with Gasteiger partial charge in [-0.05, 0) is 54.4 Å². The smallest absolute Gasteiger partial charge is 0.243 e. The summed E-state index contributed by atoms with van der Waals surface area (Å²) < 4.78 is 0. The fourth-order valence-corrected chi connectivity index (χ4v) is 4.67. The maximum atomic E-state index is 13.5. The van der Waals surface area contributed by atoms with Crippen molar-refractivity contribution in [3.8, 4) is 0 Å². The second-order valence-electron chi connectivity index (χ2n) is 7.61. The van der Waals surface area contributed by atoms with Crippen LogP contribution in [0.2, 0.25) is 15.1 Å². The Morgan fingerprint density at radius 1 is 0.912 bits per heavy atom. The van der Waals surface area contributed by atoms with Crippen LogP contribution >= 0.6 is 46.6 Å². The summed E-state index contributed by atoms with van der Waals surface area (Å²) in [6.45, 7) is 2.56. The summed E-state index contributed by atoms with van der Waals surface area (Å²) >= 11 is 19.7. The molecule has 0 aromatic heterocycles. The molecule has 0 heterocycles. The number of halogens is 3. The van der Waals surface area contributed by atoms with E-state index in [-0.39, 0.29) is 24.1 Å². The predicted molar refractivity (Wildman–Crippen MR) is 142 cm³/mol. The van der Waals surface area contributed by atoms with E-state index in [1.807, 2.05) is 55.5 Å². The molecule has 0 radical (unpaired) electrons. The summed E-state index contributed by atoms with van der Waals surface area (Å²) in [5.74, 6) is -0.178. The van der Waals surface area contributed by atoms with Gasteiger partial charge in [-0.3, -0.25) is 9.59 Å². The maximum absolute atomic E-state index is 13.5. The Balaban J connectivity index is 1.90. The zero-order valence-electron chi connectivity index (χ0n) is 18.6. The van der Waals surface area contributed by atoms with Gasteiger partial charge in [-0.25, -0.2) is 0 Å². The third-order valence-electron chi connectivity index (χ3n) is 5.13. The summed E-state index contributed by atoms with van der Waals surface area (Å²) in [5.41, 5.74) is 1.76. The fraction of sp³-hybridized carbons (Fsp3) is 0.231. The minimum absolute atomic E-state index is 0.154. The quantitative estimate of drug-likeness (QED) is 0.301. The van der Waals surface area contributed by atoms with Gasteiger partial charge in [0.25, 0.3) is 0 Å². The predicted octanol–water partition coefficient (Wildman–Crippen LogP) is 6.52. The maximum Gasteiger partial charge on any atom is 0.243 e. The van der Waals surface area contributed by atoms with Crippen LogP contribution in [0, 0.1) is 0 Å². The first kappa shape index (κ1) is 26.4. The number of hydrogen-bond donors (Lipinski definition) is 1. The Hall–Kier alpha value is -2.18. The first-order valence-electron chi connectivity index (χ1n) is 10.8. The molecule has 0 aliphatic heterocycles. The van der Waals surface area contributed by atoms with Gasteiger partial charge in [-0.2, -0.15) is 0 Å². The lowest BCUT2D eigenvalue weighted by molar-refractivity contribution is -0.139. The van der Waals surface area contributed by atoms with Crippen LogP contribution < -0.4 is 5.32 Å². The van der Waals surface area contributed by atoms with Crippen LogP contribution in [0.5, 0.6) is 0 Å². The normalized spacial score (nSPS) is 11.6. The monoisotopic (exact) mass is 534 g/mol. The number of nitrogens with one attached hydrogen (secondary N) is 1. The first-order chi connectivity index (χ1) is 16.4. The van der Waals surface area contributed by atoms with Crippen LogP contribution in [0.15, 0.2) is 77.7 Å². The fourth-order valence-electron chi connectivity index (χ4n) is 3.44. The van der Waals surface area contributed by atoms with Gasteiger partial charge < -0.3 is 10.2 Å². The highest BCUT2D eigenvalue weighted by Crippen LogP contribution is 2.26.